The minimum atomic E-state index is -1.38. The molecule has 2 atom stereocenters. The van der Waals surface area contributed by atoms with E-state index in [0.717, 1.165) is 0 Å². The highest BCUT2D eigenvalue weighted by Crippen LogP contribution is 2.26. The highest BCUT2D eigenvalue weighted by molar-refractivity contribution is 5.98. The lowest BCUT2D eigenvalue weighted by Gasteiger charge is -2.39. The van der Waals surface area contributed by atoms with Crippen LogP contribution in [0.5, 0.6) is 0 Å². The maximum Gasteiger partial charge on any atom is 0.333 e. The SMILES string of the molecule is C=C(C)C(=O)OC(CC)C(OC)C(OC)(OC)O[SiH3]. The van der Waals surface area contributed by atoms with Gasteiger partial charge < -0.3 is 23.4 Å². The molecular formula is C12H24O6Si. The highest BCUT2D eigenvalue weighted by Gasteiger charge is 2.46. The third kappa shape index (κ3) is 4.39. The Hall–Kier alpha value is -0.733. The van der Waals surface area contributed by atoms with Crippen molar-refractivity contribution in [1.82, 2.24) is 0 Å². The summed E-state index contributed by atoms with van der Waals surface area (Å²) in [5.41, 5.74) is 0.320. The van der Waals surface area contributed by atoms with Crippen molar-refractivity contribution in [2.75, 3.05) is 21.3 Å². The van der Waals surface area contributed by atoms with E-state index in [9.17, 15) is 4.79 Å². The highest BCUT2D eigenvalue weighted by atomic mass is 28.2. The average molecular weight is 292 g/mol. The lowest BCUT2D eigenvalue weighted by atomic mass is 10.1. The predicted octanol–water partition coefficient (Wildman–Crippen LogP) is 0.143. The third-order valence-corrected chi connectivity index (χ3v) is 3.37. The number of esters is 1. The zero-order valence-electron chi connectivity index (χ0n) is 12.5. The van der Waals surface area contributed by atoms with E-state index in [1.54, 1.807) is 6.92 Å². The standard InChI is InChI=1S/C12H24O6Si/c1-7-9(17-11(13)8(2)3)10(14-4)12(15-5,16-6)18-19/h9-10H,2,7H2,1,3-6,19H3. The molecule has 112 valence electrons. The van der Waals surface area contributed by atoms with Crippen LogP contribution in [0, 0.1) is 0 Å². The maximum absolute atomic E-state index is 11.6. The molecule has 0 heterocycles. The summed E-state index contributed by atoms with van der Waals surface area (Å²) in [6, 6.07) is 0. The van der Waals surface area contributed by atoms with Crippen LogP contribution in [0.25, 0.3) is 0 Å². The van der Waals surface area contributed by atoms with Crippen LogP contribution in [-0.4, -0.2) is 56.0 Å². The summed E-state index contributed by atoms with van der Waals surface area (Å²) in [6.45, 7) is 7.00. The number of methoxy groups -OCH3 is 3. The molecule has 19 heavy (non-hydrogen) atoms. The molecule has 0 aliphatic heterocycles. The van der Waals surface area contributed by atoms with Gasteiger partial charge in [-0.25, -0.2) is 4.79 Å². The molecule has 7 heteroatoms. The Morgan fingerprint density at radius 1 is 1.32 bits per heavy atom. The minimum Gasteiger partial charge on any atom is -0.456 e. The van der Waals surface area contributed by atoms with Crippen molar-refractivity contribution in [3.63, 3.8) is 0 Å². The summed E-state index contributed by atoms with van der Waals surface area (Å²) in [5, 5.41) is 0. The average Bonchev–Trinajstić information content (AvgIpc) is 2.42. The molecular weight excluding hydrogens is 268 g/mol. The van der Waals surface area contributed by atoms with Gasteiger partial charge in [-0.05, 0) is 13.3 Å². The van der Waals surface area contributed by atoms with Gasteiger partial charge in [0.05, 0.1) is 0 Å². The van der Waals surface area contributed by atoms with E-state index in [0.29, 0.717) is 22.5 Å². The number of ether oxygens (including phenoxy) is 4. The van der Waals surface area contributed by atoms with Gasteiger partial charge in [-0.15, -0.1) is 0 Å². The first-order valence-corrected chi connectivity index (χ1v) is 6.78. The molecule has 0 radical (unpaired) electrons. The van der Waals surface area contributed by atoms with Crippen molar-refractivity contribution in [2.45, 2.75) is 38.4 Å². The van der Waals surface area contributed by atoms with Crippen molar-refractivity contribution in [2.24, 2.45) is 0 Å². The molecule has 6 nitrogen and oxygen atoms in total. The molecule has 0 amide bonds. The summed E-state index contributed by atoms with van der Waals surface area (Å²) >= 11 is 0. The fraction of sp³-hybridized carbons (Fsp3) is 0.750. The van der Waals surface area contributed by atoms with Crippen LogP contribution >= 0.6 is 0 Å². The Morgan fingerprint density at radius 2 is 1.84 bits per heavy atom. The second-order valence-electron chi connectivity index (χ2n) is 4.00. The monoisotopic (exact) mass is 292 g/mol. The molecule has 0 aliphatic carbocycles. The van der Waals surface area contributed by atoms with Gasteiger partial charge in [-0.1, -0.05) is 13.5 Å². The topological polar surface area (TPSA) is 63.2 Å². The molecule has 0 saturated carbocycles. The van der Waals surface area contributed by atoms with Gasteiger partial charge in [0, 0.05) is 26.9 Å². The summed E-state index contributed by atoms with van der Waals surface area (Å²) in [5.74, 6) is -1.86. The molecule has 0 aromatic rings. The number of hydrogen-bond donors (Lipinski definition) is 0. The maximum atomic E-state index is 11.6. The molecule has 0 spiro atoms. The van der Waals surface area contributed by atoms with E-state index in [1.807, 2.05) is 6.92 Å². The van der Waals surface area contributed by atoms with Crippen LogP contribution in [0.3, 0.4) is 0 Å². The first-order valence-electron chi connectivity index (χ1n) is 5.97. The van der Waals surface area contributed by atoms with Gasteiger partial charge in [-0.2, -0.15) is 0 Å². The largest absolute Gasteiger partial charge is 0.456 e. The normalized spacial score (nSPS) is 15.0. The molecule has 0 saturated heterocycles. The van der Waals surface area contributed by atoms with Crippen LogP contribution < -0.4 is 0 Å². The first-order chi connectivity index (χ1) is 8.92. The molecule has 0 N–H and O–H groups in total. The second-order valence-corrected chi connectivity index (χ2v) is 4.41. The number of carbonyl (C=O) groups is 1. The Labute approximate surface area is 117 Å². The fourth-order valence-corrected chi connectivity index (χ4v) is 2.29. The van der Waals surface area contributed by atoms with Gasteiger partial charge in [-0.3, -0.25) is 0 Å². The Balaban J connectivity index is 5.16. The molecule has 0 aliphatic rings. The second kappa shape index (κ2) is 8.44. The van der Waals surface area contributed by atoms with Gasteiger partial charge >= 0.3 is 11.9 Å². The van der Waals surface area contributed by atoms with Gasteiger partial charge in [0.1, 0.15) is 6.10 Å². The van der Waals surface area contributed by atoms with E-state index in [4.69, 9.17) is 23.4 Å². The lowest BCUT2D eigenvalue weighted by molar-refractivity contribution is -0.376. The molecule has 0 rings (SSSR count). The first kappa shape index (κ1) is 18.3. The van der Waals surface area contributed by atoms with Crippen LogP contribution in [0.1, 0.15) is 20.3 Å². The summed E-state index contributed by atoms with van der Waals surface area (Å²) in [7, 11) is 4.75. The van der Waals surface area contributed by atoms with Gasteiger partial charge in [0.2, 0.25) is 0 Å². The third-order valence-electron chi connectivity index (χ3n) is 2.80. The number of rotatable bonds is 9. The summed E-state index contributed by atoms with van der Waals surface area (Å²) < 4.78 is 26.6. The van der Waals surface area contributed by atoms with E-state index in [-0.39, 0.29) is 0 Å². The molecule has 0 fully saturated rings. The van der Waals surface area contributed by atoms with Crippen LogP contribution in [0.2, 0.25) is 0 Å². The predicted molar refractivity (Wildman–Crippen MR) is 73.6 cm³/mol. The van der Waals surface area contributed by atoms with Crippen molar-refractivity contribution in [3.8, 4) is 0 Å². The van der Waals surface area contributed by atoms with E-state index in [2.05, 4.69) is 6.58 Å². The Bertz CT molecular complexity index is 294. The lowest BCUT2D eigenvalue weighted by Crippen LogP contribution is -2.55. The molecule has 2 unspecified atom stereocenters. The van der Waals surface area contributed by atoms with Crippen molar-refractivity contribution < 1.29 is 28.2 Å². The smallest absolute Gasteiger partial charge is 0.333 e. The summed E-state index contributed by atoms with van der Waals surface area (Å²) in [6.07, 6.45) is -0.743. The number of carbonyl (C=O) groups excluding carboxylic acids is 1. The zero-order chi connectivity index (χ0) is 15.1. The minimum absolute atomic E-state index is 0.320. The quantitative estimate of drug-likeness (QED) is 0.261. The van der Waals surface area contributed by atoms with Gasteiger partial charge in [0.15, 0.2) is 16.6 Å². The van der Waals surface area contributed by atoms with Crippen molar-refractivity contribution in [3.05, 3.63) is 12.2 Å². The van der Waals surface area contributed by atoms with Crippen molar-refractivity contribution >= 4 is 16.5 Å². The van der Waals surface area contributed by atoms with Crippen LogP contribution in [0.15, 0.2) is 12.2 Å². The summed E-state index contributed by atoms with van der Waals surface area (Å²) in [4.78, 5) is 11.6. The van der Waals surface area contributed by atoms with E-state index >= 15 is 0 Å². The molecule has 0 bridgehead atoms. The number of hydrogen-bond acceptors (Lipinski definition) is 6. The van der Waals surface area contributed by atoms with E-state index < -0.39 is 24.2 Å². The van der Waals surface area contributed by atoms with Crippen molar-refractivity contribution in [1.29, 1.82) is 0 Å². The van der Waals surface area contributed by atoms with Gasteiger partial charge in [0.25, 0.3) is 0 Å². The van der Waals surface area contributed by atoms with E-state index in [1.165, 1.54) is 21.3 Å². The molecule has 0 aromatic heterocycles. The molecule has 0 aromatic carbocycles. The van der Waals surface area contributed by atoms with Crippen LogP contribution in [0.4, 0.5) is 0 Å². The zero-order valence-corrected chi connectivity index (χ0v) is 14.5. The fourth-order valence-electron chi connectivity index (χ4n) is 1.72. The Morgan fingerprint density at radius 3 is 2.11 bits per heavy atom. The van der Waals surface area contributed by atoms with Crippen LogP contribution in [-0.2, 0) is 28.2 Å². The Kier molecular flexibility index (Phi) is 8.11.